The molecule has 8 aromatic carbocycles. The van der Waals surface area contributed by atoms with Gasteiger partial charge in [0.1, 0.15) is 0 Å². The Morgan fingerprint density at radius 2 is 0.681 bits per heavy atom. The molecule has 3 aliphatic carbocycles. The van der Waals surface area contributed by atoms with E-state index in [9.17, 15) is 0 Å². The molecule has 2 spiro atoms. The molecule has 2 heterocycles. The predicted molar refractivity (Wildman–Crippen MR) is 293 cm³/mol. The van der Waals surface area contributed by atoms with E-state index in [1.54, 1.807) is 0 Å². The van der Waals surface area contributed by atoms with Gasteiger partial charge in [0.05, 0.1) is 0 Å². The van der Waals surface area contributed by atoms with Crippen molar-refractivity contribution in [2.75, 3.05) is 23.9 Å². The minimum absolute atomic E-state index is 0.105. The number of anilines is 4. The first kappa shape index (κ1) is 42.0. The van der Waals surface area contributed by atoms with E-state index in [1.807, 2.05) is 0 Å². The standard InChI is InChI=1S/C67H60N2/c1-65(2)59-41-47(19-17-45-21-27-49(28-22-45)51-31-35-57-63(43-51)68(3)61-15-7-5-13-55(61)66(57)37-9-10-38-66)25-33-53(59)54-34-26-48(42-60(54)65)20-18-46-23-29-50(30-24-46)52-32-36-58-64(44-52)69(4)62-16-8-6-14-56(62)67(58)39-11-12-40-67/h5-8,13-36,41-44H,9-12,37-40H2,1-4H3. The van der Waals surface area contributed by atoms with Crippen molar-refractivity contribution in [3.05, 3.63) is 225 Å². The molecule has 8 aromatic rings. The third-order valence-corrected chi connectivity index (χ3v) is 17.4. The molecule has 5 aliphatic rings. The molecular weight excluding hydrogens is 833 g/mol. The van der Waals surface area contributed by atoms with E-state index in [1.165, 1.54) is 163 Å². The predicted octanol–water partition coefficient (Wildman–Crippen LogP) is 17.6. The average Bonchev–Trinajstić information content (AvgIpc) is 4.15. The van der Waals surface area contributed by atoms with Gasteiger partial charge in [0.2, 0.25) is 0 Å². The van der Waals surface area contributed by atoms with Crippen LogP contribution >= 0.6 is 0 Å². The summed E-state index contributed by atoms with van der Waals surface area (Å²) in [5.41, 5.74) is 27.0. The van der Waals surface area contributed by atoms with Gasteiger partial charge in [-0.15, -0.1) is 0 Å². The van der Waals surface area contributed by atoms with Gasteiger partial charge in [0.25, 0.3) is 0 Å². The largest absolute Gasteiger partial charge is 0.344 e. The zero-order valence-corrected chi connectivity index (χ0v) is 40.5. The first-order valence-corrected chi connectivity index (χ1v) is 25.5. The molecule has 2 nitrogen and oxygen atoms in total. The van der Waals surface area contributed by atoms with Crippen molar-refractivity contribution in [1.29, 1.82) is 0 Å². The Morgan fingerprint density at radius 3 is 1.10 bits per heavy atom. The van der Waals surface area contributed by atoms with Crippen LogP contribution in [0.2, 0.25) is 0 Å². The maximum atomic E-state index is 2.43. The molecule has 69 heavy (non-hydrogen) atoms. The lowest BCUT2D eigenvalue weighted by molar-refractivity contribution is 0.529. The second-order valence-corrected chi connectivity index (χ2v) is 21.3. The summed E-state index contributed by atoms with van der Waals surface area (Å²) in [4.78, 5) is 4.83. The second-order valence-electron chi connectivity index (χ2n) is 21.3. The molecule has 13 rings (SSSR count). The van der Waals surface area contributed by atoms with E-state index < -0.39 is 0 Å². The lowest BCUT2D eigenvalue weighted by atomic mass is 9.69. The summed E-state index contributed by atoms with van der Waals surface area (Å²) in [6.07, 6.45) is 19.2. The number of fused-ring (bicyclic) bond motifs is 11. The summed E-state index contributed by atoms with van der Waals surface area (Å²) < 4.78 is 0. The van der Waals surface area contributed by atoms with E-state index >= 15 is 0 Å². The van der Waals surface area contributed by atoms with Gasteiger partial charge in [-0.1, -0.05) is 209 Å². The van der Waals surface area contributed by atoms with Crippen molar-refractivity contribution >= 4 is 47.1 Å². The number of hydrogen-bond donors (Lipinski definition) is 0. The Hall–Kier alpha value is -7.16. The van der Waals surface area contributed by atoms with Gasteiger partial charge >= 0.3 is 0 Å². The first-order valence-electron chi connectivity index (χ1n) is 25.5. The zero-order valence-electron chi connectivity index (χ0n) is 40.5. The molecule has 0 bridgehead atoms. The van der Waals surface area contributed by atoms with Gasteiger partial charge in [0.15, 0.2) is 0 Å². The van der Waals surface area contributed by atoms with Gasteiger partial charge in [-0.3, -0.25) is 0 Å². The fourth-order valence-corrected chi connectivity index (χ4v) is 13.7. The van der Waals surface area contributed by atoms with Crippen LogP contribution in [-0.2, 0) is 16.2 Å². The summed E-state index contributed by atoms with van der Waals surface area (Å²) in [6, 6.07) is 64.8. The highest BCUT2D eigenvalue weighted by Gasteiger charge is 2.46. The minimum Gasteiger partial charge on any atom is -0.344 e. The maximum absolute atomic E-state index is 2.43. The molecule has 0 radical (unpaired) electrons. The fraction of sp³-hybridized carbons (Fsp3) is 0.224. The molecule has 0 amide bonds. The Bertz CT molecular complexity index is 3160. The summed E-state index contributed by atoms with van der Waals surface area (Å²) in [5.74, 6) is 0. The maximum Gasteiger partial charge on any atom is 0.0456 e. The van der Waals surface area contributed by atoms with Crippen LogP contribution in [0.1, 0.15) is 121 Å². The van der Waals surface area contributed by atoms with Crippen LogP contribution in [0.4, 0.5) is 22.7 Å². The lowest BCUT2D eigenvalue weighted by Gasteiger charge is -2.42. The topological polar surface area (TPSA) is 6.48 Å². The summed E-state index contributed by atoms with van der Waals surface area (Å²) >= 11 is 0. The van der Waals surface area contributed by atoms with Gasteiger partial charge in [0, 0.05) is 53.1 Å². The molecule has 0 unspecified atom stereocenters. The van der Waals surface area contributed by atoms with Crippen molar-refractivity contribution in [1.82, 2.24) is 0 Å². The molecule has 2 fully saturated rings. The van der Waals surface area contributed by atoms with Crippen LogP contribution in [0.3, 0.4) is 0 Å². The van der Waals surface area contributed by atoms with E-state index in [0.717, 1.165) is 0 Å². The van der Waals surface area contributed by atoms with Crippen LogP contribution in [0.25, 0.3) is 57.7 Å². The van der Waals surface area contributed by atoms with Gasteiger partial charge in [-0.25, -0.2) is 0 Å². The van der Waals surface area contributed by atoms with Crippen molar-refractivity contribution in [2.24, 2.45) is 0 Å². The molecule has 0 atom stereocenters. The molecule has 0 aromatic heterocycles. The van der Waals surface area contributed by atoms with Gasteiger partial charge < -0.3 is 9.80 Å². The molecule has 338 valence electrons. The quantitative estimate of drug-likeness (QED) is 0.154. The summed E-state index contributed by atoms with van der Waals surface area (Å²) in [5, 5.41) is 0. The third kappa shape index (κ3) is 6.59. The Kier molecular flexibility index (Phi) is 9.71. The van der Waals surface area contributed by atoms with Crippen molar-refractivity contribution in [2.45, 2.75) is 81.5 Å². The first-order chi connectivity index (χ1) is 33.7. The molecule has 2 saturated carbocycles. The molecule has 0 N–H and O–H groups in total. The number of rotatable bonds is 6. The Balaban J connectivity index is 0.699. The van der Waals surface area contributed by atoms with Crippen LogP contribution in [0, 0.1) is 0 Å². The van der Waals surface area contributed by atoms with Crippen LogP contribution < -0.4 is 9.80 Å². The van der Waals surface area contributed by atoms with Crippen molar-refractivity contribution in [3.8, 4) is 33.4 Å². The Labute approximate surface area is 409 Å². The highest BCUT2D eigenvalue weighted by Crippen LogP contribution is 2.58. The van der Waals surface area contributed by atoms with Crippen LogP contribution in [0.15, 0.2) is 170 Å². The second kappa shape index (κ2) is 16.0. The Morgan fingerprint density at radius 1 is 0.333 bits per heavy atom. The van der Waals surface area contributed by atoms with Gasteiger partial charge in [-0.05, 0) is 139 Å². The van der Waals surface area contributed by atoms with Crippen LogP contribution in [0.5, 0.6) is 0 Å². The number of nitrogens with zero attached hydrogens (tertiary/aromatic N) is 2. The monoisotopic (exact) mass is 892 g/mol. The molecule has 2 aliphatic heterocycles. The van der Waals surface area contributed by atoms with Gasteiger partial charge in [-0.2, -0.15) is 0 Å². The molecule has 0 saturated heterocycles. The smallest absolute Gasteiger partial charge is 0.0456 e. The van der Waals surface area contributed by atoms with E-state index in [0.29, 0.717) is 0 Å². The third-order valence-electron chi connectivity index (χ3n) is 17.4. The average molecular weight is 893 g/mol. The van der Waals surface area contributed by atoms with E-state index in [-0.39, 0.29) is 16.2 Å². The van der Waals surface area contributed by atoms with Crippen LogP contribution in [-0.4, -0.2) is 14.1 Å². The normalized spacial score (nSPS) is 17.6. The molecular formula is C67H60N2. The minimum atomic E-state index is -0.105. The highest BCUT2D eigenvalue weighted by atomic mass is 15.1. The number of hydrogen-bond acceptors (Lipinski definition) is 2. The van der Waals surface area contributed by atoms with E-state index in [4.69, 9.17) is 0 Å². The van der Waals surface area contributed by atoms with Crippen molar-refractivity contribution < 1.29 is 0 Å². The molecule has 2 heteroatoms. The summed E-state index contributed by atoms with van der Waals surface area (Å²) in [6.45, 7) is 4.76. The summed E-state index contributed by atoms with van der Waals surface area (Å²) in [7, 11) is 4.48. The fourth-order valence-electron chi connectivity index (χ4n) is 13.7. The van der Waals surface area contributed by atoms with Crippen molar-refractivity contribution in [3.63, 3.8) is 0 Å². The van der Waals surface area contributed by atoms with E-state index in [2.05, 4.69) is 232 Å². The zero-order chi connectivity index (χ0) is 46.5. The highest BCUT2D eigenvalue weighted by molar-refractivity contribution is 5.87. The lowest BCUT2D eigenvalue weighted by Crippen LogP contribution is -2.33. The number of benzene rings is 8. The SMILES string of the molecule is CN1c2ccccc2C2(CCCC2)c2ccc(-c3ccc(C=Cc4ccc5c(c4)C(C)(C)c4cc(C=Cc6ccc(-c7ccc8c(c7)N(C)c7ccccc7C87CCCC7)cc6)ccc4-5)cc3)cc21. The number of para-hydroxylation sites is 2.